The van der Waals surface area contributed by atoms with E-state index in [-0.39, 0.29) is 23.7 Å². The molecule has 1 saturated heterocycles. The van der Waals surface area contributed by atoms with Crippen molar-refractivity contribution in [3.05, 3.63) is 35.6 Å². The van der Waals surface area contributed by atoms with Crippen molar-refractivity contribution in [1.82, 2.24) is 15.5 Å². The first-order valence-corrected chi connectivity index (χ1v) is 11.2. The lowest BCUT2D eigenvalue weighted by Crippen LogP contribution is -2.51. The lowest BCUT2D eigenvalue weighted by atomic mass is 9.98. The van der Waals surface area contributed by atoms with Gasteiger partial charge in [-0.15, -0.1) is 0 Å². The Balaban J connectivity index is 1.49. The molecule has 2 aliphatic rings. The number of carbonyl (C=O) groups is 1. The van der Waals surface area contributed by atoms with Crippen LogP contribution in [0.3, 0.4) is 0 Å². The fourth-order valence-electron chi connectivity index (χ4n) is 4.27. The first-order valence-electron chi connectivity index (χ1n) is 11.2. The number of halogens is 1. The number of nitrogens with zero attached hydrogens (tertiary/aromatic N) is 2. The molecule has 5 nitrogen and oxygen atoms in total. The van der Waals surface area contributed by atoms with E-state index in [1.165, 1.54) is 6.07 Å². The Morgan fingerprint density at radius 3 is 2.48 bits per heavy atom. The minimum absolute atomic E-state index is 0.127. The molecule has 0 spiro atoms. The first kappa shape index (κ1) is 21.6. The minimum atomic E-state index is -0.127. The number of rotatable bonds is 7. The summed E-state index contributed by atoms with van der Waals surface area (Å²) < 4.78 is 14.0. The van der Waals surface area contributed by atoms with Gasteiger partial charge < -0.3 is 15.5 Å². The molecule has 1 aromatic carbocycles. The van der Waals surface area contributed by atoms with Crippen LogP contribution in [-0.4, -0.2) is 48.5 Å². The largest absolute Gasteiger partial charge is 0.354 e. The molecule has 29 heavy (non-hydrogen) atoms. The third kappa shape index (κ3) is 5.49. The molecule has 2 unspecified atom stereocenters. The van der Waals surface area contributed by atoms with E-state index in [0.29, 0.717) is 18.5 Å². The van der Waals surface area contributed by atoms with Gasteiger partial charge in [0.2, 0.25) is 5.91 Å². The van der Waals surface area contributed by atoms with Crippen LogP contribution < -0.4 is 10.6 Å². The van der Waals surface area contributed by atoms with Crippen LogP contribution in [0.2, 0.25) is 0 Å². The highest BCUT2D eigenvalue weighted by Gasteiger charge is 2.40. The second-order valence-corrected chi connectivity index (χ2v) is 8.19. The van der Waals surface area contributed by atoms with Gasteiger partial charge in [-0.05, 0) is 50.7 Å². The SMILES string of the molecule is CCN=C(NC1CCN(C(=O)C(CC)CC)CC1)NC1CC1c1ccccc1F. The molecule has 1 aromatic rings. The molecular formula is C23H35FN4O. The molecular weight excluding hydrogens is 367 g/mol. The van der Waals surface area contributed by atoms with Crippen molar-refractivity contribution in [3.63, 3.8) is 0 Å². The normalized spacial score (nSPS) is 22.7. The maximum Gasteiger partial charge on any atom is 0.225 e. The summed E-state index contributed by atoms with van der Waals surface area (Å²) in [6.45, 7) is 8.49. The van der Waals surface area contributed by atoms with Crippen LogP contribution in [0.15, 0.2) is 29.3 Å². The van der Waals surface area contributed by atoms with Crippen LogP contribution in [-0.2, 0) is 4.79 Å². The van der Waals surface area contributed by atoms with Crippen LogP contribution in [0.5, 0.6) is 0 Å². The van der Waals surface area contributed by atoms with Crippen molar-refractivity contribution in [1.29, 1.82) is 0 Å². The lowest BCUT2D eigenvalue weighted by Gasteiger charge is -2.35. The molecule has 0 radical (unpaired) electrons. The third-order valence-corrected chi connectivity index (χ3v) is 6.22. The molecule has 0 bridgehead atoms. The maximum atomic E-state index is 14.0. The van der Waals surface area contributed by atoms with E-state index >= 15 is 0 Å². The van der Waals surface area contributed by atoms with Gasteiger partial charge in [0.1, 0.15) is 5.82 Å². The smallest absolute Gasteiger partial charge is 0.225 e. The molecule has 2 fully saturated rings. The number of nitrogens with one attached hydrogen (secondary N) is 2. The van der Waals surface area contributed by atoms with Crippen molar-refractivity contribution in [3.8, 4) is 0 Å². The summed E-state index contributed by atoms with van der Waals surface area (Å²) in [5.41, 5.74) is 0.786. The van der Waals surface area contributed by atoms with Gasteiger partial charge in [-0.25, -0.2) is 4.39 Å². The summed E-state index contributed by atoms with van der Waals surface area (Å²) in [6, 6.07) is 7.56. The second-order valence-electron chi connectivity index (χ2n) is 8.19. The summed E-state index contributed by atoms with van der Waals surface area (Å²) in [4.78, 5) is 19.2. The number of amides is 1. The average Bonchev–Trinajstić information content (AvgIpc) is 3.48. The van der Waals surface area contributed by atoms with Crippen molar-refractivity contribution >= 4 is 11.9 Å². The zero-order valence-electron chi connectivity index (χ0n) is 18.0. The molecule has 2 atom stereocenters. The predicted octanol–water partition coefficient (Wildman–Crippen LogP) is 3.66. The molecule has 1 aliphatic heterocycles. The highest BCUT2D eigenvalue weighted by atomic mass is 19.1. The average molecular weight is 403 g/mol. The molecule has 3 rings (SSSR count). The maximum absolute atomic E-state index is 14.0. The number of carbonyl (C=O) groups excluding carboxylic acids is 1. The van der Waals surface area contributed by atoms with E-state index in [2.05, 4.69) is 29.5 Å². The minimum Gasteiger partial charge on any atom is -0.354 e. The monoisotopic (exact) mass is 402 g/mol. The van der Waals surface area contributed by atoms with Crippen LogP contribution in [0.1, 0.15) is 64.4 Å². The van der Waals surface area contributed by atoms with E-state index in [4.69, 9.17) is 0 Å². The number of piperidine rings is 1. The number of aliphatic imine (C=N–C) groups is 1. The van der Waals surface area contributed by atoms with E-state index in [1.807, 2.05) is 24.0 Å². The topological polar surface area (TPSA) is 56.7 Å². The Kier molecular flexibility index (Phi) is 7.51. The molecule has 1 amide bonds. The highest BCUT2D eigenvalue weighted by Crippen LogP contribution is 2.41. The van der Waals surface area contributed by atoms with E-state index in [9.17, 15) is 9.18 Å². The standard InChI is InChI=1S/C23H35FN4O/c1-4-16(5-2)22(29)28-13-11-17(12-14-28)26-23(25-6-3)27-21-15-19(21)18-9-7-8-10-20(18)24/h7-10,16-17,19,21H,4-6,11-15H2,1-3H3,(H2,25,26,27). The fraction of sp³-hybridized carbons (Fsp3) is 0.652. The predicted molar refractivity (Wildman–Crippen MR) is 115 cm³/mol. The van der Waals surface area contributed by atoms with Gasteiger partial charge in [0, 0.05) is 43.6 Å². The molecule has 1 aliphatic carbocycles. The van der Waals surface area contributed by atoms with Gasteiger partial charge in [0.15, 0.2) is 5.96 Å². The van der Waals surface area contributed by atoms with Crippen molar-refractivity contribution < 1.29 is 9.18 Å². The van der Waals surface area contributed by atoms with Crippen LogP contribution >= 0.6 is 0 Å². The van der Waals surface area contributed by atoms with Crippen LogP contribution in [0.25, 0.3) is 0 Å². The summed E-state index contributed by atoms with van der Waals surface area (Å²) in [6.07, 6.45) is 4.60. The van der Waals surface area contributed by atoms with Gasteiger partial charge in [-0.2, -0.15) is 0 Å². The molecule has 6 heteroatoms. The number of hydrogen-bond donors (Lipinski definition) is 2. The van der Waals surface area contributed by atoms with E-state index in [0.717, 1.165) is 56.7 Å². The molecule has 2 N–H and O–H groups in total. The highest BCUT2D eigenvalue weighted by molar-refractivity contribution is 5.81. The summed E-state index contributed by atoms with van der Waals surface area (Å²) >= 11 is 0. The quantitative estimate of drug-likeness (QED) is 0.541. The summed E-state index contributed by atoms with van der Waals surface area (Å²) in [5, 5.41) is 7.02. The zero-order valence-corrected chi connectivity index (χ0v) is 18.0. The fourth-order valence-corrected chi connectivity index (χ4v) is 4.27. The van der Waals surface area contributed by atoms with Gasteiger partial charge in [0.05, 0.1) is 0 Å². The van der Waals surface area contributed by atoms with E-state index in [1.54, 1.807) is 6.07 Å². The number of guanidine groups is 1. The van der Waals surface area contributed by atoms with Gasteiger partial charge in [0.25, 0.3) is 0 Å². The van der Waals surface area contributed by atoms with Crippen LogP contribution in [0.4, 0.5) is 4.39 Å². The zero-order chi connectivity index (χ0) is 20.8. The first-order chi connectivity index (χ1) is 14.1. The van der Waals surface area contributed by atoms with Crippen LogP contribution in [0, 0.1) is 11.7 Å². The Bertz CT molecular complexity index is 711. The number of likely N-dealkylation sites (tertiary alicyclic amines) is 1. The van der Waals surface area contributed by atoms with Crippen molar-refractivity contribution in [2.45, 2.75) is 70.9 Å². The third-order valence-electron chi connectivity index (χ3n) is 6.22. The Hall–Kier alpha value is -2.11. The Labute approximate surface area is 174 Å². The molecule has 1 saturated carbocycles. The Morgan fingerprint density at radius 1 is 1.17 bits per heavy atom. The molecule has 1 heterocycles. The molecule has 0 aromatic heterocycles. The van der Waals surface area contributed by atoms with Crippen molar-refractivity contribution in [2.75, 3.05) is 19.6 Å². The molecule has 160 valence electrons. The van der Waals surface area contributed by atoms with E-state index < -0.39 is 0 Å². The number of hydrogen-bond acceptors (Lipinski definition) is 2. The summed E-state index contributed by atoms with van der Waals surface area (Å²) in [7, 11) is 0. The van der Waals surface area contributed by atoms with Gasteiger partial charge >= 0.3 is 0 Å². The second kappa shape index (κ2) is 10.1. The van der Waals surface area contributed by atoms with Gasteiger partial charge in [-0.1, -0.05) is 32.0 Å². The van der Waals surface area contributed by atoms with Gasteiger partial charge in [-0.3, -0.25) is 9.79 Å². The lowest BCUT2D eigenvalue weighted by molar-refractivity contribution is -0.136. The summed E-state index contributed by atoms with van der Waals surface area (Å²) in [5.74, 6) is 1.35. The van der Waals surface area contributed by atoms with Crippen molar-refractivity contribution in [2.24, 2.45) is 10.9 Å². The Morgan fingerprint density at radius 2 is 1.86 bits per heavy atom. The number of benzene rings is 1.